The molecule has 0 unspecified atom stereocenters. The summed E-state index contributed by atoms with van der Waals surface area (Å²) in [6, 6.07) is 2.32. The molecule has 6 heteroatoms. The molecule has 0 spiro atoms. The SMILES string of the molecule is COC(=O)[C@@H](N)c1ccc(F)c(C#N)c1O. The number of hydrogen-bond acceptors (Lipinski definition) is 5. The van der Waals surface area contributed by atoms with E-state index in [0.29, 0.717) is 0 Å². The Hall–Kier alpha value is -2.13. The number of methoxy groups -OCH3 is 1. The van der Waals surface area contributed by atoms with Crippen molar-refractivity contribution in [3.8, 4) is 11.8 Å². The second kappa shape index (κ2) is 4.59. The van der Waals surface area contributed by atoms with E-state index >= 15 is 0 Å². The Labute approximate surface area is 90.9 Å². The van der Waals surface area contributed by atoms with Crippen molar-refractivity contribution in [2.75, 3.05) is 7.11 Å². The van der Waals surface area contributed by atoms with E-state index in [0.717, 1.165) is 19.2 Å². The fourth-order valence-electron chi connectivity index (χ4n) is 1.19. The van der Waals surface area contributed by atoms with Gasteiger partial charge in [0.25, 0.3) is 0 Å². The lowest BCUT2D eigenvalue weighted by atomic mass is 10.0. The number of halogens is 1. The third kappa shape index (κ3) is 1.94. The number of benzene rings is 1. The zero-order valence-corrected chi connectivity index (χ0v) is 8.40. The highest BCUT2D eigenvalue weighted by atomic mass is 19.1. The fourth-order valence-corrected chi connectivity index (χ4v) is 1.19. The molecular weight excluding hydrogens is 215 g/mol. The van der Waals surface area contributed by atoms with Gasteiger partial charge in [-0.2, -0.15) is 5.26 Å². The van der Waals surface area contributed by atoms with E-state index in [4.69, 9.17) is 11.0 Å². The normalized spacial score (nSPS) is 11.6. The molecule has 1 rings (SSSR count). The Morgan fingerprint density at radius 1 is 1.69 bits per heavy atom. The molecule has 0 saturated carbocycles. The van der Waals surface area contributed by atoms with Crippen LogP contribution in [0.25, 0.3) is 0 Å². The molecule has 0 amide bonds. The minimum atomic E-state index is -1.25. The Kier molecular flexibility index (Phi) is 3.43. The van der Waals surface area contributed by atoms with Gasteiger partial charge in [-0.25, -0.2) is 4.39 Å². The van der Waals surface area contributed by atoms with E-state index in [1.165, 1.54) is 6.07 Å². The summed E-state index contributed by atoms with van der Waals surface area (Å²) in [5.41, 5.74) is 4.86. The largest absolute Gasteiger partial charge is 0.506 e. The molecule has 5 nitrogen and oxygen atoms in total. The first kappa shape index (κ1) is 11.9. The van der Waals surface area contributed by atoms with Gasteiger partial charge >= 0.3 is 5.97 Å². The lowest BCUT2D eigenvalue weighted by Gasteiger charge is -2.12. The topological polar surface area (TPSA) is 96.3 Å². The predicted octanol–water partition coefficient (Wildman–Crippen LogP) is 0.576. The van der Waals surface area contributed by atoms with Crippen LogP contribution in [-0.4, -0.2) is 18.2 Å². The summed E-state index contributed by atoms with van der Waals surface area (Å²) in [4.78, 5) is 11.1. The number of aromatic hydroxyl groups is 1. The minimum absolute atomic E-state index is 0.0511. The number of esters is 1. The van der Waals surface area contributed by atoms with Gasteiger partial charge in [-0.1, -0.05) is 6.07 Å². The zero-order chi connectivity index (χ0) is 12.3. The lowest BCUT2D eigenvalue weighted by Crippen LogP contribution is -2.22. The summed E-state index contributed by atoms with van der Waals surface area (Å²) in [6.45, 7) is 0. The maximum absolute atomic E-state index is 13.0. The Morgan fingerprint density at radius 3 is 2.81 bits per heavy atom. The van der Waals surface area contributed by atoms with Crippen LogP contribution in [0.15, 0.2) is 12.1 Å². The first-order valence-electron chi connectivity index (χ1n) is 4.27. The third-order valence-corrected chi connectivity index (χ3v) is 2.06. The van der Waals surface area contributed by atoms with Crippen LogP contribution in [0.1, 0.15) is 17.2 Å². The van der Waals surface area contributed by atoms with Gasteiger partial charge in [0.2, 0.25) is 0 Å². The van der Waals surface area contributed by atoms with Crippen molar-refractivity contribution in [1.29, 1.82) is 5.26 Å². The van der Waals surface area contributed by atoms with E-state index in [1.807, 2.05) is 0 Å². The van der Waals surface area contributed by atoms with E-state index in [9.17, 15) is 14.3 Å². The van der Waals surface area contributed by atoms with Gasteiger partial charge in [-0.15, -0.1) is 0 Å². The number of nitriles is 1. The Bertz CT molecular complexity index is 468. The maximum atomic E-state index is 13.0. The molecule has 84 valence electrons. The van der Waals surface area contributed by atoms with Gasteiger partial charge in [0.05, 0.1) is 7.11 Å². The first-order chi connectivity index (χ1) is 7.52. The molecule has 1 aromatic rings. The van der Waals surface area contributed by atoms with Crippen LogP contribution in [0.5, 0.6) is 5.75 Å². The van der Waals surface area contributed by atoms with Crippen LogP contribution in [0.4, 0.5) is 4.39 Å². The molecule has 0 fully saturated rings. The van der Waals surface area contributed by atoms with Crippen LogP contribution in [-0.2, 0) is 9.53 Å². The minimum Gasteiger partial charge on any atom is -0.506 e. The monoisotopic (exact) mass is 224 g/mol. The highest BCUT2D eigenvalue weighted by Gasteiger charge is 2.23. The van der Waals surface area contributed by atoms with Crippen molar-refractivity contribution in [3.05, 3.63) is 29.1 Å². The van der Waals surface area contributed by atoms with Crippen molar-refractivity contribution in [2.24, 2.45) is 5.73 Å². The summed E-state index contributed by atoms with van der Waals surface area (Å²) in [6.07, 6.45) is 0. The summed E-state index contributed by atoms with van der Waals surface area (Å²) in [7, 11) is 1.13. The molecule has 0 aliphatic heterocycles. The molecule has 0 aromatic heterocycles. The van der Waals surface area contributed by atoms with Gasteiger partial charge in [-0.3, -0.25) is 4.79 Å². The van der Waals surface area contributed by atoms with Crippen LogP contribution < -0.4 is 5.73 Å². The average molecular weight is 224 g/mol. The summed E-state index contributed by atoms with van der Waals surface area (Å²) in [5, 5.41) is 18.1. The number of carbonyl (C=O) groups is 1. The number of phenolic OH excluding ortho intramolecular Hbond substituents is 1. The third-order valence-electron chi connectivity index (χ3n) is 2.06. The molecule has 1 aromatic carbocycles. The lowest BCUT2D eigenvalue weighted by molar-refractivity contribution is -0.142. The van der Waals surface area contributed by atoms with Crippen molar-refractivity contribution in [1.82, 2.24) is 0 Å². The van der Waals surface area contributed by atoms with Crippen LogP contribution in [0.2, 0.25) is 0 Å². The number of nitrogens with two attached hydrogens (primary N) is 1. The second-order valence-corrected chi connectivity index (χ2v) is 2.97. The molecular formula is C10H9FN2O3. The highest BCUT2D eigenvalue weighted by Crippen LogP contribution is 2.28. The van der Waals surface area contributed by atoms with Gasteiger partial charge in [0.15, 0.2) is 0 Å². The smallest absolute Gasteiger partial charge is 0.327 e. The van der Waals surface area contributed by atoms with Crippen molar-refractivity contribution in [2.45, 2.75) is 6.04 Å². The van der Waals surface area contributed by atoms with Crippen molar-refractivity contribution >= 4 is 5.97 Å². The van der Waals surface area contributed by atoms with Crippen molar-refractivity contribution < 1.29 is 19.0 Å². The number of hydrogen-bond donors (Lipinski definition) is 2. The summed E-state index contributed by atoms with van der Waals surface area (Å²) in [5.74, 6) is -2.30. The number of carbonyl (C=O) groups excluding carboxylic acids is 1. The molecule has 0 aliphatic rings. The number of phenols is 1. The maximum Gasteiger partial charge on any atom is 0.327 e. The predicted molar refractivity (Wildman–Crippen MR) is 51.7 cm³/mol. The molecule has 1 atom stereocenters. The first-order valence-corrected chi connectivity index (χ1v) is 4.27. The van der Waals surface area contributed by atoms with Gasteiger partial charge in [0.1, 0.15) is 29.2 Å². The average Bonchev–Trinajstić information content (AvgIpc) is 2.28. The van der Waals surface area contributed by atoms with Gasteiger partial charge in [-0.05, 0) is 6.07 Å². The van der Waals surface area contributed by atoms with E-state index in [1.54, 1.807) is 0 Å². The van der Waals surface area contributed by atoms with E-state index in [2.05, 4.69) is 4.74 Å². The molecule has 0 aliphatic carbocycles. The summed E-state index contributed by atoms with van der Waals surface area (Å²) >= 11 is 0. The number of nitrogens with zero attached hydrogens (tertiary/aromatic N) is 1. The molecule has 0 saturated heterocycles. The highest BCUT2D eigenvalue weighted by molar-refractivity contribution is 5.78. The molecule has 3 N–H and O–H groups in total. The van der Waals surface area contributed by atoms with Gasteiger partial charge < -0.3 is 15.6 Å². The second-order valence-electron chi connectivity index (χ2n) is 2.97. The molecule has 16 heavy (non-hydrogen) atoms. The Balaban J connectivity index is 3.27. The van der Waals surface area contributed by atoms with E-state index < -0.39 is 29.1 Å². The van der Waals surface area contributed by atoms with Crippen LogP contribution in [0, 0.1) is 17.1 Å². The molecule has 0 radical (unpaired) electrons. The standard InChI is InChI=1S/C10H9FN2O3/c1-16-10(15)8(13)5-2-3-7(11)6(4-12)9(5)14/h2-3,8,14H,13H2,1H3/t8-/m0/s1. The van der Waals surface area contributed by atoms with E-state index in [-0.39, 0.29) is 5.56 Å². The fraction of sp³-hybridized carbons (Fsp3) is 0.200. The summed E-state index contributed by atoms with van der Waals surface area (Å²) < 4.78 is 17.4. The Morgan fingerprint density at radius 2 is 2.31 bits per heavy atom. The van der Waals surface area contributed by atoms with Crippen molar-refractivity contribution in [3.63, 3.8) is 0 Å². The number of ether oxygens (including phenoxy) is 1. The van der Waals surface area contributed by atoms with Crippen LogP contribution >= 0.6 is 0 Å². The quantitative estimate of drug-likeness (QED) is 0.716. The zero-order valence-electron chi connectivity index (χ0n) is 8.40. The van der Waals surface area contributed by atoms with Gasteiger partial charge in [0, 0.05) is 5.56 Å². The number of rotatable bonds is 2. The van der Waals surface area contributed by atoms with Crippen LogP contribution in [0.3, 0.4) is 0 Å². The molecule has 0 bridgehead atoms. The molecule has 0 heterocycles.